The minimum Gasteiger partial charge on any atom is -0.369 e. The molecule has 35 heavy (non-hydrogen) atoms. The molecule has 5 aromatic rings. The Bertz CT molecular complexity index is 1730. The first-order valence-electron chi connectivity index (χ1n) is 11.4. The maximum atomic E-state index is 13.1. The third-order valence-corrected chi connectivity index (χ3v) is 6.64. The van der Waals surface area contributed by atoms with Crippen LogP contribution in [-0.2, 0) is 4.79 Å². The number of primary amides is 1. The van der Waals surface area contributed by atoms with Crippen LogP contribution in [0.4, 0.5) is 0 Å². The first-order valence-corrected chi connectivity index (χ1v) is 11.4. The lowest BCUT2D eigenvalue weighted by Crippen LogP contribution is -2.42. The summed E-state index contributed by atoms with van der Waals surface area (Å²) in [5, 5.41) is 1.23. The van der Waals surface area contributed by atoms with Crippen molar-refractivity contribution in [3.63, 3.8) is 0 Å². The van der Waals surface area contributed by atoms with E-state index in [1.165, 1.54) is 6.20 Å². The highest BCUT2D eigenvalue weighted by Crippen LogP contribution is 2.31. The Hall–Kier alpha value is -4.38. The molecule has 0 aliphatic carbocycles. The second-order valence-electron chi connectivity index (χ2n) is 8.79. The predicted molar refractivity (Wildman–Crippen MR) is 131 cm³/mol. The van der Waals surface area contributed by atoms with Crippen LogP contribution < -0.4 is 17.0 Å². The van der Waals surface area contributed by atoms with Crippen LogP contribution >= 0.6 is 0 Å². The first kappa shape index (κ1) is 21.2. The van der Waals surface area contributed by atoms with Crippen LogP contribution in [0.1, 0.15) is 18.9 Å². The van der Waals surface area contributed by atoms with Gasteiger partial charge in [-0.25, -0.2) is 14.8 Å². The van der Waals surface area contributed by atoms with Gasteiger partial charge in [0.05, 0.1) is 28.7 Å². The number of aromatic amines is 2. The Morgan fingerprint density at radius 1 is 1.11 bits per heavy atom. The number of carbonyl (C=O) groups is 1. The van der Waals surface area contributed by atoms with E-state index < -0.39 is 11.2 Å². The number of rotatable bonds is 4. The fourth-order valence-corrected chi connectivity index (χ4v) is 5.01. The van der Waals surface area contributed by atoms with E-state index >= 15 is 0 Å². The molecule has 11 nitrogen and oxygen atoms in total. The SMILES string of the molecule is NC(=O)CN1CCC(n2c(=O)[nH]c(=O)c3cnc4ccc(-c5c[nH]c6ncccc56)nc4c32)CC1. The highest BCUT2D eigenvalue weighted by molar-refractivity contribution is 6.02. The molecule has 1 aliphatic heterocycles. The summed E-state index contributed by atoms with van der Waals surface area (Å²) in [5.41, 5.74) is 8.20. The second-order valence-corrected chi connectivity index (χ2v) is 8.79. The number of nitrogens with one attached hydrogen (secondary N) is 2. The summed E-state index contributed by atoms with van der Waals surface area (Å²) in [6.07, 6.45) is 6.32. The minimum absolute atomic E-state index is 0.167. The van der Waals surface area contributed by atoms with Crippen molar-refractivity contribution < 1.29 is 4.79 Å². The van der Waals surface area contributed by atoms with Crippen molar-refractivity contribution in [3.05, 3.63) is 63.7 Å². The normalized spacial score (nSPS) is 15.3. The van der Waals surface area contributed by atoms with Gasteiger partial charge in [-0.3, -0.25) is 29.0 Å². The van der Waals surface area contributed by atoms with E-state index in [0.29, 0.717) is 53.6 Å². The number of hydrogen-bond acceptors (Lipinski definition) is 7. The third-order valence-electron chi connectivity index (χ3n) is 6.64. The highest BCUT2D eigenvalue weighted by Gasteiger charge is 2.25. The van der Waals surface area contributed by atoms with Crippen molar-refractivity contribution in [2.75, 3.05) is 19.6 Å². The molecule has 0 saturated carbocycles. The van der Waals surface area contributed by atoms with Gasteiger partial charge in [0.2, 0.25) is 5.91 Å². The molecule has 6 rings (SSSR count). The summed E-state index contributed by atoms with van der Waals surface area (Å²) in [4.78, 5) is 58.4. The van der Waals surface area contributed by atoms with Crippen molar-refractivity contribution in [1.29, 1.82) is 0 Å². The monoisotopic (exact) mass is 470 g/mol. The number of fused-ring (bicyclic) bond motifs is 4. The van der Waals surface area contributed by atoms with Crippen molar-refractivity contribution >= 4 is 38.9 Å². The zero-order chi connectivity index (χ0) is 24.1. The number of likely N-dealkylation sites (tertiary alicyclic amines) is 1. The van der Waals surface area contributed by atoms with Gasteiger partial charge in [0.1, 0.15) is 11.2 Å². The summed E-state index contributed by atoms with van der Waals surface area (Å²) >= 11 is 0. The molecule has 0 atom stereocenters. The van der Waals surface area contributed by atoms with Gasteiger partial charge in [0.25, 0.3) is 5.56 Å². The zero-order valence-corrected chi connectivity index (χ0v) is 18.7. The Morgan fingerprint density at radius 2 is 1.94 bits per heavy atom. The fraction of sp³-hybridized carbons (Fsp3) is 0.250. The average Bonchev–Trinajstić information content (AvgIpc) is 3.28. The molecule has 0 aromatic carbocycles. The van der Waals surface area contributed by atoms with Gasteiger partial charge < -0.3 is 10.7 Å². The lowest BCUT2D eigenvalue weighted by atomic mass is 10.0. The predicted octanol–water partition coefficient (Wildman–Crippen LogP) is 1.30. The Kier molecular flexibility index (Phi) is 4.92. The van der Waals surface area contributed by atoms with Crippen molar-refractivity contribution in [1.82, 2.24) is 34.4 Å². The lowest BCUT2D eigenvalue weighted by molar-refractivity contribution is -0.119. The van der Waals surface area contributed by atoms with E-state index in [2.05, 4.69) is 19.9 Å². The number of nitrogens with two attached hydrogens (primary N) is 1. The number of piperidine rings is 1. The topological polar surface area (TPSA) is 156 Å². The number of H-pyrrole nitrogens is 2. The van der Waals surface area contributed by atoms with Gasteiger partial charge in [-0.15, -0.1) is 0 Å². The maximum absolute atomic E-state index is 13.1. The van der Waals surface area contributed by atoms with E-state index in [9.17, 15) is 14.4 Å². The van der Waals surface area contributed by atoms with Crippen LogP contribution in [0.3, 0.4) is 0 Å². The summed E-state index contributed by atoms with van der Waals surface area (Å²) in [6.45, 7) is 1.42. The Balaban J connectivity index is 1.54. The second kappa shape index (κ2) is 8.13. The van der Waals surface area contributed by atoms with Gasteiger partial charge in [-0.1, -0.05) is 0 Å². The van der Waals surface area contributed by atoms with E-state index in [0.717, 1.165) is 16.6 Å². The van der Waals surface area contributed by atoms with Crippen molar-refractivity contribution in [2.24, 2.45) is 5.73 Å². The van der Waals surface area contributed by atoms with Gasteiger partial charge in [-0.05, 0) is 37.1 Å². The molecule has 0 unspecified atom stereocenters. The molecule has 11 heteroatoms. The van der Waals surface area contributed by atoms with Crippen LogP contribution in [-0.4, -0.2) is 59.9 Å². The standard InChI is InChI=1S/C24H22N8O3/c25-19(33)12-31-8-5-13(6-9-31)32-21-16(23(34)30-24(32)35)11-27-18-4-3-17(29-20(18)21)15-10-28-22-14(15)2-1-7-26-22/h1-4,7,10-11,13H,5-6,8-9,12H2,(H2,25,33)(H,26,28)(H,30,34,35). The third kappa shape index (κ3) is 3.56. The smallest absolute Gasteiger partial charge is 0.329 e. The molecule has 176 valence electrons. The summed E-state index contributed by atoms with van der Waals surface area (Å²) in [6, 6.07) is 7.37. The molecule has 1 fully saturated rings. The van der Waals surface area contributed by atoms with E-state index in [4.69, 9.17) is 10.7 Å². The number of pyridine rings is 3. The van der Waals surface area contributed by atoms with Crippen LogP contribution in [0, 0.1) is 0 Å². The number of nitrogens with zero attached hydrogens (tertiary/aromatic N) is 5. The fourth-order valence-electron chi connectivity index (χ4n) is 5.01. The number of carbonyl (C=O) groups excluding carboxylic acids is 1. The highest BCUT2D eigenvalue weighted by atomic mass is 16.2. The van der Waals surface area contributed by atoms with Crippen molar-refractivity contribution in [2.45, 2.75) is 18.9 Å². The minimum atomic E-state index is -0.495. The molecule has 0 radical (unpaired) electrons. The Morgan fingerprint density at radius 3 is 2.74 bits per heavy atom. The molecule has 6 heterocycles. The molecule has 1 amide bonds. The van der Waals surface area contributed by atoms with Gasteiger partial charge in [0, 0.05) is 48.7 Å². The largest absolute Gasteiger partial charge is 0.369 e. The van der Waals surface area contributed by atoms with E-state index in [1.807, 2.05) is 35.4 Å². The van der Waals surface area contributed by atoms with Crippen molar-refractivity contribution in [3.8, 4) is 11.3 Å². The van der Waals surface area contributed by atoms with E-state index in [1.54, 1.807) is 10.8 Å². The average molecular weight is 470 g/mol. The quantitative estimate of drug-likeness (QED) is 0.334. The molecular formula is C24H22N8O3. The maximum Gasteiger partial charge on any atom is 0.329 e. The molecule has 0 spiro atoms. The summed E-state index contributed by atoms with van der Waals surface area (Å²) in [7, 11) is 0. The van der Waals surface area contributed by atoms with E-state index in [-0.39, 0.29) is 18.5 Å². The number of aromatic nitrogens is 6. The number of amides is 1. The Labute approximate surface area is 197 Å². The van der Waals surface area contributed by atoms with Crippen LogP contribution in [0.15, 0.2) is 52.4 Å². The van der Waals surface area contributed by atoms with Gasteiger partial charge in [-0.2, -0.15) is 0 Å². The first-order chi connectivity index (χ1) is 17.0. The molecule has 5 aromatic heterocycles. The van der Waals surface area contributed by atoms with Gasteiger partial charge in [0.15, 0.2) is 0 Å². The number of hydrogen-bond donors (Lipinski definition) is 3. The van der Waals surface area contributed by atoms with Crippen LogP contribution in [0.25, 0.3) is 44.2 Å². The molecule has 1 aliphatic rings. The molecule has 0 bridgehead atoms. The molecular weight excluding hydrogens is 448 g/mol. The molecule has 1 saturated heterocycles. The molecule has 4 N–H and O–H groups in total. The zero-order valence-electron chi connectivity index (χ0n) is 18.7. The summed E-state index contributed by atoms with van der Waals surface area (Å²) in [5.74, 6) is -0.378. The summed E-state index contributed by atoms with van der Waals surface area (Å²) < 4.78 is 1.63. The van der Waals surface area contributed by atoms with Gasteiger partial charge >= 0.3 is 5.69 Å². The lowest BCUT2D eigenvalue weighted by Gasteiger charge is -2.32. The van der Waals surface area contributed by atoms with Crippen LogP contribution in [0.2, 0.25) is 0 Å². The van der Waals surface area contributed by atoms with Crippen LogP contribution in [0.5, 0.6) is 0 Å².